The highest BCUT2D eigenvalue weighted by Crippen LogP contribution is 2.34. The zero-order valence-electron chi connectivity index (χ0n) is 12.7. The Morgan fingerprint density at radius 1 is 1.35 bits per heavy atom. The highest BCUT2D eigenvalue weighted by atomic mass is 32.1. The van der Waals surface area contributed by atoms with E-state index >= 15 is 0 Å². The Balaban J connectivity index is 2.32. The van der Waals surface area contributed by atoms with E-state index in [1.54, 1.807) is 0 Å². The Hall–Kier alpha value is -2.09. The van der Waals surface area contributed by atoms with Gasteiger partial charge >= 0.3 is 12.1 Å². The molecule has 23 heavy (non-hydrogen) atoms. The van der Waals surface area contributed by atoms with E-state index in [0.717, 1.165) is 23.5 Å². The fraction of sp³-hybridized carbons (Fsp3) is 0.333. The lowest BCUT2D eigenvalue weighted by Gasteiger charge is -2.09. The van der Waals surface area contributed by atoms with E-state index in [2.05, 4.69) is 10.3 Å². The number of carbonyl (C=O) groups excluding carboxylic acids is 1. The van der Waals surface area contributed by atoms with Crippen LogP contribution >= 0.6 is 11.3 Å². The van der Waals surface area contributed by atoms with Gasteiger partial charge in [0.15, 0.2) is 5.13 Å². The highest BCUT2D eigenvalue weighted by molar-refractivity contribution is 7.17. The predicted molar refractivity (Wildman–Crippen MR) is 82.3 cm³/mol. The number of rotatable bonds is 4. The fourth-order valence-electron chi connectivity index (χ4n) is 1.91. The normalized spacial score (nSPS) is 11.6. The molecule has 0 radical (unpaired) electrons. The number of benzene rings is 1. The van der Waals surface area contributed by atoms with Crippen LogP contribution in [0.15, 0.2) is 24.3 Å². The Bertz CT molecular complexity index is 711. The summed E-state index contributed by atoms with van der Waals surface area (Å²) in [7, 11) is 1.27. The van der Waals surface area contributed by atoms with Gasteiger partial charge in [0, 0.05) is 5.69 Å². The fourth-order valence-corrected chi connectivity index (χ4v) is 2.97. The molecule has 0 fully saturated rings. The summed E-state index contributed by atoms with van der Waals surface area (Å²) < 4.78 is 42.9. The van der Waals surface area contributed by atoms with Crippen LogP contribution in [0, 0.1) is 0 Å². The monoisotopic (exact) mass is 344 g/mol. The summed E-state index contributed by atoms with van der Waals surface area (Å²) in [4.78, 5) is 16.4. The first kappa shape index (κ1) is 17.3. The third-order valence-electron chi connectivity index (χ3n) is 3.01. The van der Waals surface area contributed by atoms with Crippen LogP contribution in [0.4, 0.5) is 24.0 Å². The molecule has 0 saturated carbocycles. The van der Waals surface area contributed by atoms with E-state index in [9.17, 15) is 18.0 Å². The molecule has 2 aromatic rings. The average Bonchev–Trinajstić information content (AvgIpc) is 2.90. The van der Waals surface area contributed by atoms with Crippen molar-refractivity contribution in [3.05, 3.63) is 40.4 Å². The standard InChI is InChI=1S/C15H15F3N2O2S/c1-8(2)11-12(13(21)22-3)23-14(20-11)19-10-6-4-5-9(7-10)15(16,17)18/h4-8H,1-3H3,(H,19,20). The summed E-state index contributed by atoms with van der Waals surface area (Å²) in [6, 6.07) is 4.80. The summed E-state index contributed by atoms with van der Waals surface area (Å²) in [5.74, 6) is -0.527. The van der Waals surface area contributed by atoms with E-state index in [0.29, 0.717) is 15.7 Å². The van der Waals surface area contributed by atoms with Crippen LogP contribution in [0.1, 0.15) is 40.7 Å². The molecule has 0 aliphatic carbocycles. The lowest BCUT2D eigenvalue weighted by Crippen LogP contribution is -2.05. The zero-order valence-corrected chi connectivity index (χ0v) is 13.5. The Morgan fingerprint density at radius 3 is 2.61 bits per heavy atom. The molecule has 0 saturated heterocycles. The molecular formula is C15H15F3N2O2S. The number of nitrogens with one attached hydrogen (secondary N) is 1. The van der Waals surface area contributed by atoms with Gasteiger partial charge in [-0.15, -0.1) is 0 Å². The minimum absolute atomic E-state index is 0.0163. The summed E-state index contributed by atoms with van der Waals surface area (Å²) >= 11 is 1.05. The molecule has 1 aromatic carbocycles. The number of nitrogens with zero attached hydrogens (tertiary/aromatic N) is 1. The largest absolute Gasteiger partial charge is 0.465 e. The van der Waals surface area contributed by atoms with E-state index in [-0.39, 0.29) is 11.6 Å². The number of ether oxygens (including phenoxy) is 1. The second kappa shape index (κ2) is 6.57. The SMILES string of the molecule is COC(=O)c1sc(Nc2cccc(C(F)(F)F)c2)nc1C(C)C. The number of methoxy groups -OCH3 is 1. The van der Waals surface area contributed by atoms with Crippen molar-refractivity contribution in [3.8, 4) is 0 Å². The molecule has 0 aliphatic heterocycles. The highest BCUT2D eigenvalue weighted by Gasteiger charge is 2.30. The van der Waals surface area contributed by atoms with Crippen molar-refractivity contribution in [3.63, 3.8) is 0 Å². The summed E-state index contributed by atoms with van der Waals surface area (Å²) in [5.41, 5.74) is 0.0490. The summed E-state index contributed by atoms with van der Waals surface area (Å²) in [6.45, 7) is 3.74. The number of hydrogen-bond donors (Lipinski definition) is 1. The molecule has 4 nitrogen and oxygen atoms in total. The van der Waals surface area contributed by atoms with Gasteiger partial charge in [-0.2, -0.15) is 13.2 Å². The molecule has 0 spiro atoms. The van der Waals surface area contributed by atoms with Crippen LogP contribution in [-0.4, -0.2) is 18.1 Å². The van der Waals surface area contributed by atoms with Gasteiger partial charge in [-0.25, -0.2) is 9.78 Å². The van der Waals surface area contributed by atoms with Crippen molar-refractivity contribution >= 4 is 28.1 Å². The molecule has 1 N–H and O–H groups in total. The van der Waals surface area contributed by atoms with E-state index in [4.69, 9.17) is 4.74 Å². The number of halogens is 3. The van der Waals surface area contributed by atoms with Gasteiger partial charge in [-0.05, 0) is 24.1 Å². The van der Waals surface area contributed by atoms with Gasteiger partial charge in [0.2, 0.25) is 0 Å². The van der Waals surface area contributed by atoms with Gasteiger partial charge in [-0.1, -0.05) is 31.3 Å². The van der Waals surface area contributed by atoms with E-state index in [1.165, 1.54) is 19.2 Å². The Labute approximate surface area is 135 Å². The van der Waals surface area contributed by atoms with Crippen LogP contribution in [0.5, 0.6) is 0 Å². The molecule has 0 bridgehead atoms. The molecule has 1 aromatic heterocycles. The zero-order chi connectivity index (χ0) is 17.2. The maximum atomic E-state index is 12.7. The third-order valence-corrected chi connectivity index (χ3v) is 3.98. The van der Waals surface area contributed by atoms with Gasteiger partial charge in [0.25, 0.3) is 0 Å². The lowest BCUT2D eigenvalue weighted by atomic mass is 10.1. The van der Waals surface area contributed by atoms with Crippen molar-refractivity contribution in [2.45, 2.75) is 25.9 Å². The topological polar surface area (TPSA) is 51.2 Å². The van der Waals surface area contributed by atoms with Gasteiger partial charge in [-0.3, -0.25) is 0 Å². The maximum Gasteiger partial charge on any atom is 0.416 e. The van der Waals surface area contributed by atoms with Crippen molar-refractivity contribution < 1.29 is 22.7 Å². The number of alkyl halides is 3. The van der Waals surface area contributed by atoms with Crippen LogP contribution in [0.25, 0.3) is 0 Å². The van der Waals surface area contributed by atoms with Crippen molar-refractivity contribution in [2.75, 3.05) is 12.4 Å². The Morgan fingerprint density at radius 2 is 2.04 bits per heavy atom. The van der Waals surface area contributed by atoms with Crippen LogP contribution in [0.2, 0.25) is 0 Å². The summed E-state index contributed by atoms with van der Waals surface area (Å²) in [5, 5.41) is 3.15. The molecule has 0 amide bonds. The van der Waals surface area contributed by atoms with Crippen molar-refractivity contribution in [2.24, 2.45) is 0 Å². The van der Waals surface area contributed by atoms with Crippen molar-refractivity contribution in [1.29, 1.82) is 0 Å². The first-order chi connectivity index (χ1) is 10.7. The molecule has 8 heteroatoms. The molecule has 0 unspecified atom stereocenters. The second-order valence-corrected chi connectivity index (χ2v) is 6.08. The number of aromatic nitrogens is 1. The summed E-state index contributed by atoms with van der Waals surface area (Å²) in [6.07, 6.45) is -4.42. The quantitative estimate of drug-likeness (QED) is 0.808. The van der Waals surface area contributed by atoms with Crippen LogP contribution in [0.3, 0.4) is 0 Å². The molecule has 0 atom stereocenters. The Kier molecular flexibility index (Phi) is 4.93. The first-order valence-corrected chi connectivity index (χ1v) is 7.57. The maximum absolute atomic E-state index is 12.7. The lowest BCUT2D eigenvalue weighted by molar-refractivity contribution is -0.137. The van der Waals surface area contributed by atoms with Crippen LogP contribution < -0.4 is 5.32 Å². The van der Waals surface area contributed by atoms with E-state index < -0.39 is 17.7 Å². The average molecular weight is 344 g/mol. The number of carbonyl (C=O) groups is 1. The number of hydrogen-bond acceptors (Lipinski definition) is 5. The second-order valence-electron chi connectivity index (χ2n) is 5.08. The minimum atomic E-state index is -4.42. The number of thiazole rings is 1. The molecule has 2 rings (SSSR count). The van der Waals surface area contributed by atoms with Gasteiger partial charge in [0.05, 0.1) is 18.4 Å². The van der Waals surface area contributed by atoms with Gasteiger partial charge in [0.1, 0.15) is 4.88 Å². The number of anilines is 2. The van der Waals surface area contributed by atoms with Gasteiger partial charge < -0.3 is 10.1 Å². The smallest absolute Gasteiger partial charge is 0.416 e. The third kappa shape index (κ3) is 4.01. The molecule has 1 heterocycles. The van der Waals surface area contributed by atoms with Crippen molar-refractivity contribution in [1.82, 2.24) is 4.98 Å². The minimum Gasteiger partial charge on any atom is -0.465 e. The first-order valence-electron chi connectivity index (χ1n) is 6.75. The number of esters is 1. The molecule has 0 aliphatic rings. The van der Waals surface area contributed by atoms with Crippen LogP contribution in [-0.2, 0) is 10.9 Å². The predicted octanol–water partition coefficient (Wildman–Crippen LogP) is 4.82. The molecular weight excluding hydrogens is 329 g/mol. The van der Waals surface area contributed by atoms with E-state index in [1.807, 2.05) is 13.8 Å². The molecule has 124 valence electrons.